The van der Waals surface area contributed by atoms with Crippen molar-refractivity contribution in [2.45, 2.75) is 11.8 Å². The highest BCUT2D eigenvalue weighted by Gasteiger charge is 2.17. The largest absolute Gasteiger partial charge is 0.495 e. The zero-order valence-corrected chi connectivity index (χ0v) is 15.3. The fraction of sp³-hybridized carbons (Fsp3) is 0.105. The quantitative estimate of drug-likeness (QED) is 0.575. The number of methoxy groups -OCH3 is 1. The molecular weight excluding hydrogens is 352 g/mol. The smallest absolute Gasteiger partial charge is 0.262 e. The van der Waals surface area contributed by atoms with E-state index in [0.29, 0.717) is 17.1 Å². The lowest BCUT2D eigenvalue weighted by atomic mass is 10.3. The predicted octanol–water partition coefficient (Wildman–Crippen LogP) is 3.57. The van der Waals surface area contributed by atoms with Gasteiger partial charge in [-0.3, -0.25) is 9.52 Å². The van der Waals surface area contributed by atoms with Crippen LogP contribution in [0, 0.1) is 0 Å². The van der Waals surface area contributed by atoms with Crippen LogP contribution in [-0.2, 0) is 14.8 Å². The summed E-state index contributed by atoms with van der Waals surface area (Å²) in [5.41, 5.74) is 0.710. The van der Waals surface area contributed by atoms with Crippen LogP contribution >= 0.6 is 0 Å². The van der Waals surface area contributed by atoms with Gasteiger partial charge in [0.2, 0.25) is 5.91 Å². The zero-order valence-electron chi connectivity index (χ0n) is 14.5. The number of carbonyl (C=O) groups excluding carboxylic acids is 1. The third-order valence-corrected chi connectivity index (χ3v) is 4.68. The molecule has 2 N–H and O–H groups in total. The lowest BCUT2D eigenvalue weighted by Gasteiger charge is -2.12. The number of hydrogen-bond acceptors (Lipinski definition) is 4. The molecule has 0 radical (unpaired) electrons. The number of rotatable bonds is 7. The second-order valence-corrected chi connectivity index (χ2v) is 6.89. The molecule has 0 aromatic heterocycles. The molecule has 2 aromatic rings. The maximum Gasteiger partial charge on any atom is 0.262 e. The van der Waals surface area contributed by atoms with Gasteiger partial charge in [0.05, 0.1) is 17.7 Å². The molecule has 0 fully saturated rings. The summed E-state index contributed by atoms with van der Waals surface area (Å²) in [7, 11) is -2.37. The summed E-state index contributed by atoms with van der Waals surface area (Å²) in [5, 5.41) is 2.62. The molecule has 0 aliphatic carbocycles. The van der Waals surface area contributed by atoms with E-state index in [-0.39, 0.29) is 10.8 Å². The van der Waals surface area contributed by atoms with Crippen LogP contribution in [0.4, 0.5) is 11.4 Å². The molecule has 0 bridgehead atoms. The predicted molar refractivity (Wildman–Crippen MR) is 103 cm³/mol. The first-order valence-corrected chi connectivity index (χ1v) is 9.31. The number of para-hydroxylation sites is 2. The molecule has 7 heteroatoms. The van der Waals surface area contributed by atoms with Crippen molar-refractivity contribution in [3.63, 3.8) is 0 Å². The van der Waals surface area contributed by atoms with Crippen LogP contribution in [0.2, 0.25) is 0 Å². The zero-order chi connectivity index (χ0) is 19.0. The Hall–Kier alpha value is -3.06. The Morgan fingerprint density at radius 1 is 1.08 bits per heavy atom. The van der Waals surface area contributed by atoms with E-state index in [1.165, 1.54) is 25.3 Å². The van der Waals surface area contributed by atoms with Crippen LogP contribution in [0.15, 0.2) is 77.7 Å². The Balaban J connectivity index is 2.21. The Labute approximate surface area is 153 Å². The lowest BCUT2D eigenvalue weighted by molar-refractivity contribution is -0.111. The van der Waals surface area contributed by atoms with E-state index in [2.05, 4.69) is 10.0 Å². The van der Waals surface area contributed by atoms with Crippen LogP contribution in [0.3, 0.4) is 0 Å². The molecule has 0 unspecified atom stereocenters. The van der Waals surface area contributed by atoms with Gasteiger partial charge in [-0.15, -0.1) is 0 Å². The van der Waals surface area contributed by atoms with E-state index in [0.717, 1.165) is 0 Å². The maximum absolute atomic E-state index is 12.6. The Bertz CT molecular complexity index is 934. The Kier molecular flexibility index (Phi) is 6.57. The first-order valence-electron chi connectivity index (χ1n) is 7.82. The number of nitrogens with one attached hydrogen (secondary N) is 2. The fourth-order valence-corrected chi connectivity index (χ4v) is 3.23. The van der Waals surface area contributed by atoms with E-state index in [1.807, 2.05) is 6.92 Å². The molecule has 0 aliphatic heterocycles. The van der Waals surface area contributed by atoms with Gasteiger partial charge in [-0.1, -0.05) is 36.4 Å². The topological polar surface area (TPSA) is 84.5 Å². The molecule has 2 aromatic carbocycles. The van der Waals surface area contributed by atoms with Crippen molar-refractivity contribution in [2.75, 3.05) is 17.1 Å². The highest BCUT2D eigenvalue weighted by molar-refractivity contribution is 7.92. The number of allylic oxidation sites excluding steroid dienone is 3. The van der Waals surface area contributed by atoms with Crippen molar-refractivity contribution in [1.82, 2.24) is 0 Å². The van der Waals surface area contributed by atoms with Crippen LogP contribution in [0.25, 0.3) is 0 Å². The van der Waals surface area contributed by atoms with Gasteiger partial charge < -0.3 is 10.1 Å². The molecule has 0 saturated carbocycles. The van der Waals surface area contributed by atoms with E-state index in [1.54, 1.807) is 54.6 Å². The summed E-state index contributed by atoms with van der Waals surface area (Å²) in [5.74, 6) is 0.0602. The maximum atomic E-state index is 12.6. The molecule has 1 amide bonds. The van der Waals surface area contributed by atoms with E-state index >= 15 is 0 Å². The van der Waals surface area contributed by atoms with Crippen LogP contribution in [0.1, 0.15) is 6.92 Å². The number of hydrogen-bond donors (Lipinski definition) is 2. The second kappa shape index (κ2) is 8.87. The minimum Gasteiger partial charge on any atom is -0.495 e. The van der Waals surface area contributed by atoms with Crippen molar-refractivity contribution in [1.29, 1.82) is 0 Å². The SMILES string of the molecule is C/C=C/C=C/C(=O)Nc1cccc(S(=O)(=O)Nc2ccccc2OC)c1. The van der Waals surface area contributed by atoms with Crippen molar-refractivity contribution >= 4 is 27.3 Å². The van der Waals surface area contributed by atoms with Crippen molar-refractivity contribution in [2.24, 2.45) is 0 Å². The van der Waals surface area contributed by atoms with Crippen LogP contribution in [0.5, 0.6) is 5.75 Å². The van der Waals surface area contributed by atoms with Gasteiger partial charge in [0.1, 0.15) is 5.75 Å². The molecule has 2 rings (SSSR count). The van der Waals surface area contributed by atoms with Crippen LogP contribution in [-0.4, -0.2) is 21.4 Å². The van der Waals surface area contributed by atoms with Gasteiger partial charge in [-0.25, -0.2) is 8.42 Å². The highest BCUT2D eigenvalue weighted by Crippen LogP contribution is 2.26. The van der Waals surface area contributed by atoms with Gasteiger partial charge in [0, 0.05) is 11.8 Å². The standard InChI is InChI=1S/C19H20N2O4S/c1-3-4-5-13-19(22)20-15-9-8-10-16(14-15)26(23,24)21-17-11-6-7-12-18(17)25-2/h3-14,21H,1-2H3,(H,20,22)/b4-3+,13-5+. The third kappa shape index (κ3) is 5.22. The lowest BCUT2D eigenvalue weighted by Crippen LogP contribution is -2.14. The molecule has 0 spiro atoms. The number of anilines is 2. The van der Waals surface area contributed by atoms with Gasteiger partial charge in [-0.05, 0) is 37.3 Å². The number of amides is 1. The van der Waals surface area contributed by atoms with Gasteiger partial charge in [-0.2, -0.15) is 0 Å². The second-order valence-electron chi connectivity index (χ2n) is 5.21. The van der Waals surface area contributed by atoms with Crippen molar-refractivity contribution < 1.29 is 17.9 Å². The van der Waals surface area contributed by atoms with Gasteiger partial charge in [0.15, 0.2) is 0 Å². The number of ether oxygens (including phenoxy) is 1. The summed E-state index contributed by atoms with van der Waals surface area (Å²) in [6.07, 6.45) is 6.46. The molecular formula is C19H20N2O4S. The Morgan fingerprint density at radius 2 is 1.85 bits per heavy atom. The Morgan fingerprint density at radius 3 is 2.58 bits per heavy atom. The molecule has 0 heterocycles. The minimum absolute atomic E-state index is 0.0265. The summed E-state index contributed by atoms with van der Waals surface area (Å²) in [6, 6.07) is 12.7. The monoisotopic (exact) mass is 372 g/mol. The molecule has 0 atom stereocenters. The summed E-state index contributed by atoms with van der Waals surface area (Å²) in [6.45, 7) is 1.84. The molecule has 6 nitrogen and oxygen atoms in total. The van der Waals surface area contributed by atoms with E-state index < -0.39 is 10.0 Å². The summed E-state index contributed by atoms with van der Waals surface area (Å²) in [4.78, 5) is 11.8. The van der Waals surface area contributed by atoms with Crippen molar-refractivity contribution in [3.8, 4) is 5.75 Å². The first-order chi connectivity index (χ1) is 12.5. The molecule has 0 saturated heterocycles. The average Bonchev–Trinajstić information content (AvgIpc) is 2.62. The van der Waals surface area contributed by atoms with Gasteiger partial charge >= 0.3 is 0 Å². The average molecular weight is 372 g/mol. The number of sulfonamides is 1. The molecule has 136 valence electrons. The number of carbonyl (C=O) groups is 1. The highest BCUT2D eigenvalue weighted by atomic mass is 32.2. The molecule has 26 heavy (non-hydrogen) atoms. The van der Waals surface area contributed by atoms with Crippen molar-refractivity contribution in [3.05, 3.63) is 72.8 Å². The van der Waals surface area contributed by atoms with E-state index in [9.17, 15) is 13.2 Å². The van der Waals surface area contributed by atoms with E-state index in [4.69, 9.17) is 4.74 Å². The third-order valence-electron chi connectivity index (χ3n) is 3.31. The van der Waals surface area contributed by atoms with Gasteiger partial charge in [0.25, 0.3) is 10.0 Å². The van der Waals surface area contributed by atoms with Crippen LogP contribution < -0.4 is 14.8 Å². The minimum atomic E-state index is -3.84. The fourth-order valence-electron chi connectivity index (χ4n) is 2.11. The summed E-state index contributed by atoms with van der Waals surface area (Å²) >= 11 is 0. The normalized spacial score (nSPS) is 11.6. The first kappa shape index (κ1) is 19.3. The number of benzene rings is 2. The molecule has 0 aliphatic rings. The summed E-state index contributed by atoms with van der Waals surface area (Å²) < 4.78 is 32.9.